The van der Waals surface area contributed by atoms with Crippen molar-refractivity contribution in [1.29, 1.82) is 0 Å². The van der Waals surface area contributed by atoms with Gasteiger partial charge in [-0.3, -0.25) is 4.79 Å². The van der Waals surface area contributed by atoms with Gasteiger partial charge < -0.3 is 5.11 Å². The van der Waals surface area contributed by atoms with Crippen LogP contribution in [0.25, 0.3) is 5.57 Å². The highest BCUT2D eigenvalue weighted by Gasteiger charge is 2.47. The van der Waals surface area contributed by atoms with E-state index in [2.05, 4.69) is 38.8 Å². The van der Waals surface area contributed by atoms with E-state index < -0.39 is 0 Å². The second-order valence-electron chi connectivity index (χ2n) is 5.74. The molecule has 2 aliphatic rings. The van der Waals surface area contributed by atoms with E-state index in [0.29, 0.717) is 6.42 Å². The summed E-state index contributed by atoms with van der Waals surface area (Å²) >= 11 is 7.00. The summed E-state index contributed by atoms with van der Waals surface area (Å²) in [5, 5.41) is 9.86. The van der Waals surface area contributed by atoms with Gasteiger partial charge in [0.2, 0.25) is 0 Å². The Morgan fingerprint density at radius 2 is 2.10 bits per heavy atom. The number of phenolic OH excluding ortho intramolecular Hbond substituents is 1. The third-order valence-corrected chi connectivity index (χ3v) is 6.29. The zero-order valence-electron chi connectivity index (χ0n) is 11.3. The fourth-order valence-electron chi connectivity index (χ4n) is 3.73. The molecule has 0 amide bonds. The Balaban J connectivity index is 2.24. The lowest BCUT2D eigenvalue weighted by atomic mass is 9.66. The number of fused-ring (bicyclic) bond motifs is 3. The van der Waals surface area contributed by atoms with Crippen molar-refractivity contribution in [3.8, 4) is 5.75 Å². The minimum atomic E-state index is -0.00587. The summed E-state index contributed by atoms with van der Waals surface area (Å²) < 4.78 is 1.51. The molecule has 0 radical (unpaired) electrons. The Morgan fingerprint density at radius 1 is 1.35 bits per heavy atom. The predicted octanol–water partition coefficient (Wildman–Crippen LogP) is 4.97. The molecule has 0 bridgehead atoms. The van der Waals surface area contributed by atoms with E-state index in [9.17, 15) is 9.90 Å². The summed E-state index contributed by atoms with van der Waals surface area (Å²) in [6.07, 6.45) is 4.62. The minimum absolute atomic E-state index is 0.00587. The summed E-state index contributed by atoms with van der Waals surface area (Å²) in [6, 6.07) is 3.66. The first-order chi connectivity index (χ1) is 9.50. The summed E-state index contributed by atoms with van der Waals surface area (Å²) in [7, 11) is 0. The Hall–Kier alpha value is -0.610. The largest absolute Gasteiger partial charge is 0.507 e. The van der Waals surface area contributed by atoms with E-state index in [1.54, 1.807) is 6.07 Å². The molecular formula is C16H16Br2O2. The lowest BCUT2D eigenvalue weighted by Gasteiger charge is -2.37. The molecule has 2 nitrogen and oxygen atoms in total. The maximum Gasteiger partial charge on any atom is 0.171 e. The molecular weight excluding hydrogens is 384 g/mol. The van der Waals surface area contributed by atoms with Crippen molar-refractivity contribution in [2.75, 3.05) is 0 Å². The second-order valence-corrected chi connectivity index (χ2v) is 7.33. The average molecular weight is 400 g/mol. The van der Waals surface area contributed by atoms with Crippen molar-refractivity contribution in [2.45, 2.75) is 39.0 Å². The lowest BCUT2D eigenvalue weighted by Crippen LogP contribution is -2.26. The standard InChI is InChI=1S/C16H16Br2O2/c1-2-6-16-7-5-10-9(3-4-11(19)14(10)17)13(16)15(18)12(20)8-16/h3-4,19H,2,5-8H2,1H3. The summed E-state index contributed by atoms with van der Waals surface area (Å²) in [5.74, 6) is 0.485. The fourth-order valence-corrected chi connectivity index (χ4v) is 5.05. The molecule has 2 aliphatic carbocycles. The molecule has 0 fully saturated rings. The molecule has 20 heavy (non-hydrogen) atoms. The molecule has 0 heterocycles. The highest BCUT2D eigenvalue weighted by molar-refractivity contribution is 9.12. The maximum atomic E-state index is 12.2. The van der Waals surface area contributed by atoms with Gasteiger partial charge >= 0.3 is 0 Å². The van der Waals surface area contributed by atoms with Crippen LogP contribution in [-0.2, 0) is 11.2 Å². The van der Waals surface area contributed by atoms with Crippen LogP contribution < -0.4 is 0 Å². The van der Waals surface area contributed by atoms with Crippen molar-refractivity contribution in [3.63, 3.8) is 0 Å². The molecule has 0 saturated carbocycles. The zero-order valence-corrected chi connectivity index (χ0v) is 14.5. The molecule has 0 spiro atoms. The van der Waals surface area contributed by atoms with Gasteiger partial charge in [0.05, 0.1) is 8.96 Å². The van der Waals surface area contributed by atoms with E-state index in [4.69, 9.17) is 0 Å². The van der Waals surface area contributed by atoms with Gasteiger partial charge in [0.15, 0.2) is 5.78 Å². The van der Waals surface area contributed by atoms with E-state index in [-0.39, 0.29) is 16.9 Å². The SMILES string of the molecule is CCCC12CCc3c(ccc(O)c3Br)C1=C(Br)C(=O)C2. The Labute approximate surface area is 135 Å². The molecule has 0 aliphatic heterocycles. The topological polar surface area (TPSA) is 37.3 Å². The molecule has 3 rings (SSSR count). The second kappa shape index (κ2) is 4.99. The highest BCUT2D eigenvalue weighted by Crippen LogP contribution is 2.58. The van der Waals surface area contributed by atoms with Crippen LogP contribution in [0.3, 0.4) is 0 Å². The number of Topliss-reactive ketones (excluding diaryl/α,β-unsaturated/α-hetero) is 1. The van der Waals surface area contributed by atoms with Crippen molar-refractivity contribution in [2.24, 2.45) is 5.41 Å². The number of phenols is 1. The fraction of sp³-hybridized carbons (Fsp3) is 0.438. The molecule has 0 saturated heterocycles. The number of allylic oxidation sites excluding steroid dienone is 2. The number of ketones is 1. The third-order valence-electron chi connectivity index (χ3n) is 4.57. The number of benzene rings is 1. The molecule has 1 aromatic rings. The Bertz CT molecular complexity index is 634. The van der Waals surface area contributed by atoms with Crippen LogP contribution in [0.15, 0.2) is 21.1 Å². The summed E-state index contributed by atoms with van der Waals surface area (Å²) in [4.78, 5) is 12.2. The predicted molar refractivity (Wildman–Crippen MR) is 86.9 cm³/mol. The molecule has 1 atom stereocenters. The smallest absolute Gasteiger partial charge is 0.171 e. The van der Waals surface area contributed by atoms with E-state index >= 15 is 0 Å². The van der Waals surface area contributed by atoms with Gasteiger partial charge in [0.1, 0.15) is 5.75 Å². The number of halogens is 2. The van der Waals surface area contributed by atoms with Crippen molar-refractivity contribution in [1.82, 2.24) is 0 Å². The normalized spacial score (nSPS) is 24.9. The average Bonchev–Trinajstić information content (AvgIpc) is 2.66. The van der Waals surface area contributed by atoms with Gasteiger partial charge in [-0.2, -0.15) is 0 Å². The van der Waals surface area contributed by atoms with E-state index in [1.165, 1.54) is 0 Å². The molecule has 0 aromatic heterocycles. The van der Waals surface area contributed by atoms with E-state index in [0.717, 1.165) is 51.3 Å². The van der Waals surface area contributed by atoms with Crippen LogP contribution in [0, 0.1) is 5.41 Å². The molecule has 1 aromatic carbocycles. The zero-order chi connectivity index (χ0) is 14.5. The quantitative estimate of drug-likeness (QED) is 0.762. The van der Waals surface area contributed by atoms with Gasteiger partial charge in [-0.25, -0.2) is 0 Å². The molecule has 1 unspecified atom stereocenters. The first-order valence-corrected chi connectivity index (χ1v) is 8.53. The van der Waals surface area contributed by atoms with Gasteiger partial charge in [0.25, 0.3) is 0 Å². The highest BCUT2D eigenvalue weighted by atomic mass is 79.9. The first kappa shape index (κ1) is 14.3. The van der Waals surface area contributed by atoms with Crippen molar-refractivity contribution < 1.29 is 9.90 Å². The van der Waals surface area contributed by atoms with Crippen molar-refractivity contribution >= 4 is 43.2 Å². The van der Waals surface area contributed by atoms with Crippen LogP contribution in [0.1, 0.15) is 43.7 Å². The molecule has 4 heteroatoms. The van der Waals surface area contributed by atoms with Crippen LogP contribution in [0.2, 0.25) is 0 Å². The van der Waals surface area contributed by atoms with Crippen LogP contribution in [0.4, 0.5) is 0 Å². The number of rotatable bonds is 2. The number of aromatic hydroxyl groups is 1. The Morgan fingerprint density at radius 3 is 2.80 bits per heavy atom. The van der Waals surface area contributed by atoms with E-state index in [1.807, 2.05) is 6.07 Å². The van der Waals surface area contributed by atoms with Gasteiger partial charge in [-0.1, -0.05) is 19.4 Å². The molecule has 106 valence electrons. The maximum absolute atomic E-state index is 12.2. The summed E-state index contributed by atoms with van der Waals surface area (Å²) in [6.45, 7) is 2.17. The third kappa shape index (κ3) is 1.92. The van der Waals surface area contributed by atoms with Crippen molar-refractivity contribution in [3.05, 3.63) is 32.2 Å². The first-order valence-electron chi connectivity index (χ1n) is 6.94. The van der Waals surface area contributed by atoms with Crippen LogP contribution in [0.5, 0.6) is 5.75 Å². The summed E-state index contributed by atoms with van der Waals surface area (Å²) in [5.41, 5.74) is 3.39. The van der Waals surface area contributed by atoms with Crippen LogP contribution in [-0.4, -0.2) is 10.9 Å². The number of hydrogen-bond acceptors (Lipinski definition) is 2. The number of hydrogen-bond donors (Lipinski definition) is 1. The monoisotopic (exact) mass is 398 g/mol. The van der Waals surface area contributed by atoms with Gasteiger partial charge in [0, 0.05) is 11.8 Å². The number of carbonyl (C=O) groups excluding carboxylic acids is 1. The molecule has 1 N–H and O–H groups in total. The van der Waals surface area contributed by atoms with Crippen LogP contribution >= 0.6 is 31.9 Å². The van der Waals surface area contributed by atoms with Gasteiger partial charge in [-0.15, -0.1) is 0 Å². The lowest BCUT2D eigenvalue weighted by molar-refractivity contribution is -0.115. The number of carbonyl (C=O) groups is 1. The minimum Gasteiger partial charge on any atom is -0.507 e. The van der Waals surface area contributed by atoms with Gasteiger partial charge in [-0.05, 0) is 73.9 Å². The Kier molecular flexibility index (Phi) is 3.57.